The summed E-state index contributed by atoms with van der Waals surface area (Å²) < 4.78 is 0. The number of hydrogen-bond acceptors (Lipinski definition) is 3. The van der Waals surface area contributed by atoms with Gasteiger partial charge in [-0.15, -0.1) is 0 Å². The number of carbonyl (C=O) groups excluding carboxylic acids is 2. The first-order valence-corrected chi connectivity index (χ1v) is 8.45. The number of hydrogen-bond donors (Lipinski definition) is 1. The van der Waals surface area contributed by atoms with Crippen LogP contribution < -0.4 is 5.73 Å². The lowest BCUT2D eigenvalue weighted by atomic mass is 9.75. The molecular weight excluding hydrogens is 284 g/mol. The van der Waals surface area contributed by atoms with Crippen LogP contribution in [0.2, 0.25) is 0 Å². The van der Waals surface area contributed by atoms with Crippen LogP contribution in [0.25, 0.3) is 0 Å². The average molecular weight is 308 g/mol. The molecule has 2 unspecified atom stereocenters. The molecule has 3 aliphatic rings. The summed E-state index contributed by atoms with van der Waals surface area (Å²) in [5.41, 5.74) is 5.32. The summed E-state index contributed by atoms with van der Waals surface area (Å²) in [4.78, 5) is 27.5. The fourth-order valence-corrected chi connectivity index (χ4v) is 4.82. The van der Waals surface area contributed by atoms with E-state index in [2.05, 4.69) is 13.8 Å². The van der Waals surface area contributed by atoms with Crippen LogP contribution in [-0.4, -0.2) is 27.2 Å². The third-order valence-corrected chi connectivity index (χ3v) is 6.24. The number of rotatable bonds is 2. The van der Waals surface area contributed by atoms with Gasteiger partial charge in [-0.25, -0.2) is 0 Å². The minimum absolute atomic E-state index is 0.0169. The number of nitrogens with zero attached hydrogens (tertiary/aromatic N) is 1. The van der Waals surface area contributed by atoms with Crippen molar-refractivity contribution >= 4 is 29.0 Å². The fourth-order valence-electron chi connectivity index (χ4n) is 4.52. The van der Waals surface area contributed by atoms with Crippen molar-refractivity contribution in [1.82, 2.24) is 4.90 Å². The molecule has 1 heterocycles. The minimum Gasteiger partial charge on any atom is -0.391 e. The number of imide groups is 1. The summed E-state index contributed by atoms with van der Waals surface area (Å²) in [5.74, 6) is 0.784. The smallest absolute Gasteiger partial charge is 0.233 e. The van der Waals surface area contributed by atoms with Gasteiger partial charge in [0.15, 0.2) is 0 Å². The zero-order valence-electron chi connectivity index (χ0n) is 12.8. The molecule has 2 saturated carbocycles. The van der Waals surface area contributed by atoms with E-state index in [1.165, 1.54) is 4.90 Å². The number of amides is 2. The second kappa shape index (κ2) is 5.04. The highest BCUT2D eigenvalue weighted by atomic mass is 32.1. The van der Waals surface area contributed by atoms with Gasteiger partial charge in [0.2, 0.25) is 11.8 Å². The third-order valence-electron chi connectivity index (χ3n) is 5.86. The van der Waals surface area contributed by atoms with Crippen LogP contribution in [-0.2, 0) is 9.59 Å². The van der Waals surface area contributed by atoms with E-state index in [0.29, 0.717) is 16.8 Å². The van der Waals surface area contributed by atoms with Crippen molar-refractivity contribution in [3.8, 4) is 0 Å². The molecule has 0 radical (unpaired) electrons. The normalized spacial score (nSPS) is 43.2. The van der Waals surface area contributed by atoms with Crippen LogP contribution in [0, 0.1) is 23.7 Å². The molecule has 1 aliphatic heterocycles. The van der Waals surface area contributed by atoms with Crippen LogP contribution in [0.5, 0.6) is 0 Å². The van der Waals surface area contributed by atoms with Gasteiger partial charge in [-0.05, 0) is 50.4 Å². The molecule has 1 saturated heterocycles. The van der Waals surface area contributed by atoms with Crippen molar-refractivity contribution in [2.75, 3.05) is 0 Å². The Morgan fingerprint density at radius 1 is 1.10 bits per heavy atom. The Hall–Kier alpha value is -0.970. The molecule has 2 aliphatic carbocycles. The predicted molar refractivity (Wildman–Crippen MR) is 84.4 cm³/mol. The van der Waals surface area contributed by atoms with E-state index in [1.54, 1.807) is 0 Å². The number of nitrogens with two attached hydrogens (primary N) is 1. The molecule has 0 aromatic rings. The zero-order valence-corrected chi connectivity index (χ0v) is 13.6. The Balaban J connectivity index is 1.93. The second-order valence-electron chi connectivity index (χ2n) is 7.38. The van der Waals surface area contributed by atoms with Crippen molar-refractivity contribution in [2.24, 2.45) is 29.4 Å². The highest BCUT2D eigenvalue weighted by Crippen LogP contribution is 2.48. The van der Waals surface area contributed by atoms with Crippen LogP contribution in [0.4, 0.5) is 0 Å². The minimum atomic E-state index is -0.691. The number of fused-ring (bicyclic) bond motifs is 1. The Morgan fingerprint density at radius 2 is 1.57 bits per heavy atom. The van der Waals surface area contributed by atoms with Crippen molar-refractivity contribution in [1.29, 1.82) is 0 Å². The van der Waals surface area contributed by atoms with E-state index in [-0.39, 0.29) is 23.7 Å². The number of carbonyl (C=O) groups is 2. The zero-order chi connectivity index (χ0) is 15.4. The summed E-state index contributed by atoms with van der Waals surface area (Å²) >= 11 is 5.30. The van der Waals surface area contributed by atoms with Gasteiger partial charge in [-0.2, -0.15) is 0 Å². The molecule has 116 valence electrons. The molecule has 0 bridgehead atoms. The van der Waals surface area contributed by atoms with E-state index >= 15 is 0 Å². The predicted octanol–water partition coefficient (Wildman–Crippen LogP) is 2.25. The monoisotopic (exact) mass is 308 g/mol. The van der Waals surface area contributed by atoms with Crippen LogP contribution in [0.1, 0.15) is 52.4 Å². The molecule has 0 aromatic heterocycles. The van der Waals surface area contributed by atoms with Crippen molar-refractivity contribution in [3.05, 3.63) is 0 Å². The Morgan fingerprint density at radius 3 is 2.00 bits per heavy atom. The molecule has 3 rings (SSSR count). The maximum absolute atomic E-state index is 12.8. The van der Waals surface area contributed by atoms with Gasteiger partial charge < -0.3 is 5.73 Å². The maximum atomic E-state index is 12.8. The Kier molecular flexibility index (Phi) is 3.59. The van der Waals surface area contributed by atoms with Gasteiger partial charge in [0.1, 0.15) is 5.54 Å². The van der Waals surface area contributed by atoms with E-state index in [0.717, 1.165) is 38.5 Å². The van der Waals surface area contributed by atoms with Crippen LogP contribution in [0.3, 0.4) is 0 Å². The quantitative estimate of drug-likeness (QED) is 0.628. The molecule has 0 aromatic carbocycles. The van der Waals surface area contributed by atoms with E-state index in [4.69, 9.17) is 18.0 Å². The lowest BCUT2D eigenvalue weighted by Gasteiger charge is -2.44. The first kappa shape index (κ1) is 14.9. The van der Waals surface area contributed by atoms with Crippen LogP contribution in [0.15, 0.2) is 0 Å². The standard InChI is InChI=1S/C16H24N2O2S/c1-9-3-5-16(6-4-9,15(17)21)18-13(19)11-7-10(2)8-12(11)14(18)20/h9-12H,3-8H2,1-2H3,(H2,17,21). The van der Waals surface area contributed by atoms with Gasteiger partial charge in [0.05, 0.1) is 16.8 Å². The second-order valence-corrected chi connectivity index (χ2v) is 7.82. The SMILES string of the molecule is CC1CCC(C(N)=S)(N2C(=O)C3CC(C)CC3C2=O)CC1. The summed E-state index contributed by atoms with van der Waals surface area (Å²) in [5, 5.41) is 0. The fraction of sp³-hybridized carbons (Fsp3) is 0.812. The Bertz CT molecular complexity index is 473. The first-order chi connectivity index (χ1) is 9.86. The van der Waals surface area contributed by atoms with Crippen molar-refractivity contribution < 1.29 is 9.59 Å². The molecule has 4 nitrogen and oxygen atoms in total. The van der Waals surface area contributed by atoms with Gasteiger partial charge in [-0.1, -0.05) is 26.1 Å². The van der Waals surface area contributed by atoms with Crippen molar-refractivity contribution in [2.45, 2.75) is 57.9 Å². The Labute approximate surface area is 131 Å². The molecule has 5 heteroatoms. The highest BCUT2D eigenvalue weighted by molar-refractivity contribution is 7.80. The van der Waals surface area contributed by atoms with E-state index in [1.807, 2.05) is 0 Å². The summed E-state index contributed by atoms with van der Waals surface area (Å²) in [6.45, 7) is 4.32. The molecule has 3 fully saturated rings. The molecular formula is C16H24N2O2S. The van der Waals surface area contributed by atoms with E-state index < -0.39 is 5.54 Å². The summed E-state index contributed by atoms with van der Waals surface area (Å²) in [6.07, 6.45) is 5.07. The largest absolute Gasteiger partial charge is 0.391 e. The molecule has 2 amide bonds. The highest BCUT2D eigenvalue weighted by Gasteiger charge is 2.59. The molecule has 0 spiro atoms. The molecule has 2 N–H and O–H groups in total. The molecule has 21 heavy (non-hydrogen) atoms. The molecule has 2 atom stereocenters. The van der Waals surface area contributed by atoms with Gasteiger partial charge in [0.25, 0.3) is 0 Å². The van der Waals surface area contributed by atoms with Gasteiger partial charge in [-0.3, -0.25) is 14.5 Å². The lowest BCUT2D eigenvalue weighted by Crippen LogP contribution is -2.61. The number of thiocarbonyl (C=S) groups is 1. The van der Waals surface area contributed by atoms with Crippen LogP contribution >= 0.6 is 12.2 Å². The van der Waals surface area contributed by atoms with Gasteiger partial charge >= 0.3 is 0 Å². The van der Waals surface area contributed by atoms with E-state index in [9.17, 15) is 9.59 Å². The average Bonchev–Trinajstić information content (AvgIpc) is 2.91. The summed E-state index contributed by atoms with van der Waals surface area (Å²) in [6, 6.07) is 0. The summed E-state index contributed by atoms with van der Waals surface area (Å²) in [7, 11) is 0. The lowest BCUT2D eigenvalue weighted by molar-refractivity contribution is -0.146. The first-order valence-electron chi connectivity index (χ1n) is 8.04. The van der Waals surface area contributed by atoms with Crippen molar-refractivity contribution in [3.63, 3.8) is 0 Å². The third kappa shape index (κ3) is 2.12. The maximum Gasteiger partial charge on any atom is 0.233 e. The number of likely N-dealkylation sites (tertiary alicyclic amines) is 1. The van der Waals surface area contributed by atoms with Gasteiger partial charge in [0, 0.05) is 0 Å². The topological polar surface area (TPSA) is 63.4 Å².